The molecule has 2 amide bonds. The normalized spacial score (nSPS) is 12.9. The van der Waals surface area contributed by atoms with Crippen molar-refractivity contribution in [1.29, 1.82) is 0 Å². The van der Waals surface area contributed by atoms with Gasteiger partial charge in [0.2, 0.25) is 0 Å². The number of nitrogens with zero attached hydrogens (tertiary/aromatic N) is 4. The number of amides is 2. The number of benzene rings is 2. The molecule has 1 aliphatic heterocycles. The average Bonchev–Trinajstić information content (AvgIpc) is 3.38. The predicted molar refractivity (Wildman–Crippen MR) is 169 cm³/mol. The quantitative estimate of drug-likeness (QED) is 0.339. The summed E-state index contributed by atoms with van der Waals surface area (Å²) in [5.74, 6) is 0.462. The summed E-state index contributed by atoms with van der Waals surface area (Å²) in [5.41, 5.74) is 5.73. The Kier molecular flexibility index (Phi) is 10.4. The summed E-state index contributed by atoms with van der Waals surface area (Å²) in [6, 6.07) is 13.4. The monoisotopic (exact) mass is 559 g/mol. The van der Waals surface area contributed by atoms with Crippen LogP contribution >= 0.6 is 0 Å². The molecule has 0 bridgehead atoms. The van der Waals surface area contributed by atoms with Crippen molar-refractivity contribution in [2.45, 2.75) is 40.7 Å². The highest BCUT2D eigenvalue weighted by Crippen LogP contribution is 2.31. The van der Waals surface area contributed by atoms with Crippen LogP contribution in [0.1, 0.15) is 67.1 Å². The molecule has 0 radical (unpaired) electrons. The minimum atomic E-state index is -0.283. The molecule has 1 aromatic heterocycles. The Morgan fingerprint density at radius 1 is 1.00 bits per heavy atom. The van der Waals surface area contributed by atoms with Gasteiger partial charge in [-0.2, -0.15) is 0 Å². The molecule has 1 atom stereocenters. The van der Waals surface area contributed by atoms with Gasteiger partial charge in [-0.25, -0.2) is 0 Å². The number of carbonyl (C=O) groups is 2. The number of ether oxygens (including phenoxy) is 1. The first-order valence-corrected chi connectivity index (χ1v) is 14.0. The Morgan fingerprint density at radius 3 is 2.29 bits per heavy atom. The molecular formula is C33H45N5O3. The van der Waals surface area contributed by atoms with Crippen LogP contribution in [0, 0.1) is 6.92 Å². The fourth-order valence-electron chi connectivity index (χ4n) is 4.49. The number of aryl methyl sites for hydroxylation is 2. The van der Waals surface area contributed by atoms with Crippen molar-refractivity contribution in [3.05, 3.63) is 95.8 Å². The maximum Gasteiger partial charge on any atom is 0.269 e. The van der Waals surface area contributed by atoms with Crippen LogP contribution < -0.4 is 15.0 Å². The van der Waals surface area contributed by atoms with E-state index < -0.39 is 0 Å². The van der Waals surface area contributed by atoms with Gasteiger partial charge in [0, 0.05) is 76.9 Å². The van der Waals surface area contributed by atoms with Gasteiger partial charge in [0.05, 0.1) is 13.2 Å². The van der Waals surface area contributed by atoms with E-state index in [1.807, 2.05) is 118 Å². The first-order chi connectivity index (χ1) is 19.6. The zero-order valence-corrected chi connectivity index (χ0v) is 25.7. The maximum atomic E-state index is 13.4. The highest BCUT2D eigenvalue weighted by atomic mass is 16.5. The van der Waals surface area contributed by atoms with Gasteiger partial charge in [-0.05, 0) is 73.9 Å². The van der Waals surface area contributed by atoms with Crippen LogP contribution in [0.3, 0.4) is 0 Å². The van der Waals surface area contributed by atoms with E-state index in [0.29, 0.717) is 17.0 Å². The molecule has 8 nitrogen and oxygen atoms in total. The third-order valence-electron chi connectivity index (χ3n) is 6.94. The minimum Gasteiger partial charge on any atom is -0.497 e. The van der Waals surface area contributed by atoms with E-state index in [1.165, 1.54) is 0 Å². The number of hydrogen-bond acceptors (Lipinski definition) is 5. The van der Waals surface area contributed by atoms with E-state index in [1.54, 1.807) is 26.1 Å². The molecule has 2 heterocycles. The van der Waals surface area contributed by atoms with E-state index in [4.69, 9.17) is 4.74 Å². The molecule has 0 fully saturated rings. The van der Waals surface area contributed by atoms with Crippen molar-refractivity contribution in [3.8, 4) is 16.9 Å². The Morgan fingerprint density at radius 2 is 1.68 bits per heavy atom. The van der Waals surface area contributed by atoms with Crippen molar-refractivity contribution in [3.63, 3.8) is 0 Å². The van der Waals surface area contributed by atoms with Gasteiger partial charge in [0.1, 0.15) is 11.4 Å². The molecule has 0 unspecified atom stereocenters. The van der Waals surface area contributed by atoms with E-state index in [2.05, 4.69) is 17.1 Å². The zero-order chi connectivity index (χ0) is 30.3. The van der Waals surface area contributed by atoms with Gasteiger partial charge in [-0.15, -0.1) is 0 Å². The third kappa shape index (κ3) is 7.20. The second-order valence-electron chi connectivity index (χ2n) is 9.95. The van der Waals surface area contributed by atoms with Crippen molar-refractivity contribution < 1.29 is 15.8 Å². The number of carbonyl (C=O) groups excluding carboxylic acids is 2. The molecule has 3 aromatic rings. The number of hydrogen-bond donors (Lipinski definition) is 1. The minimum absolute atomic E-state index is 0. The SMILES string of the molecule is CC.CCN1C=CN(c2ccc(C)c(C(=O)N[C@H](C)c3cc(OC)cc(-c4cc(C(=O)N(C)C)n(C)c4)c3)c2)C=C1.[HH]. The third-order valence-corrected chi connectivity index (χ3v) is 6.94. The summed E-state index contributed by atoms with van der Waals surface area (Å²) in [7, 11) is 6.95. The summed E-state index contributed by atoms with van der Waals surface area (Å²) in [5, 5.41) is 3.16. The molecule has 0 aliphatic carbocycles. The summed E-state index contributed by atoms with van der Waals surface area (Å²) in [4.78, 5) is 31.6. The first-order valence-electron chi connectivity index (χ1n) is 14.0. The number of methoxy groups -OCH3 is 1. The standard InChI is InChI=1S/C31H37N5O3.C2H6.H2/c1-8-35-11-13-36(14-12-35)26-10-9-21(2)28(19-26)30(37)32-22(3)23-15-24(17-27(16-23)39-7)25-18-29(34(6)20-25)31(38)33(4)5;1-2;/h9-20,22H,8H2,1-7H3,(H,32,37);1-2H3;1H/t22-;;/m1../s1. The number of nitrogens with one attached hydrogen (secondary N) is 1. The van der Waals surface area contributed by atoms with Gasteiger partial charge in [0.15, 0.2) is 0 Å². The van der Waals surface area contributed by atoms with Gasteiger partial charge < -0.3 is 29.3 Å². The first kappa shape index (κ1) is 31.1. The van der Waals surface area contributed by atoms with Crippen molar-refractivity contribution >= 4 is 17.5 Å². The Balaban J connectivity index is 0.00000201. The summed E-state index contributed by atoms with van der Waals surface area (Å²) in [6.45, 7) is 10.9. The topological polar surface area (TPSA) is 70.1 Å². The fraction of sp³-hybridized carbons (Fsp3) is 0.333. The Labute approximate surface area is 246 Å². The second-order valence-corrected chi connectivity index (χ2v) is 9.95. The van der Waals surface area contributed by atoms with Crippen LogP contribution in [0.2, 0.25) is 0 Å². The van der Waals surface area contributed by atoms with E-state index in [-0.39, 0.29) is 19.3 Å². The number of aromatic nitrogens is 1. The molecule has 1 N–H and O–H groups in total. The van der Waals surface area contributed by atoms with Crippen LogP contribution in [0.15, 0.2) is 73.5 Å². The molecule has 2 aromatic carbocycles. The van der Waals surface area contributed by atoms with Crippen LogP contribution in [-0.2, 0) is 7.05 Å². The Hall–Kier alpha value is -4.46. The van der Waals surface area contributed by atoms with E-state index >= 15 is 0 Å². The highest BCUT2D eigenvalue weighted by Gasteiger charge is 2.19. The molecule has 4 rings (SSSR count). The summed E-state index contributed by atoms with van der Waals surface area (Å²) in [6.07, 6.45) is 9.91. The average molecular weight is 560 g/mol. The van der Waals surface area contributed by atoms with Crippen molar-refractivity contribution in [1.82, 2.24) is 19.7 Å². The Bertz CT molecular complexity index is 1430. The predicted octanol–water partition coefficient (Wildman–Crippen LogP) is 6.56. The zero-order valence-electron chi connectivity index (χ0n) is 25.7. The molecule has 0 saturated carbocycles. The van der Waals surface area contributed by atoms with E-state index in [9.17, 15) is 9.59 Å². The lowest BCUT2D eigenvalue weighted by atomic mass is 10.00. The summed E-state index contributed by atoms with van der Waals surface area (Å²) >= 11 is 0. The maximum absolute atomic E-state index is 13.4. The number of anilines is 1. The molecule has 8 heteroatoms. The fourth-order valence-corrected chi connectivity index (χ4v) is 4.49. The second kappa shape index (κ2) is 13.7. The van der Waals surface area contributed by atoms with Crippen LogP contribution in [0.4, 0.5) is 5.69 Å². The largest absolute Gasteiger partial charge is 0.497 e. The lowest BCUT2D eigenvalue weighted by Crippen LogP contribution is -2.27. The van der Waals surface area contributed by atoms with Crippen LogP contribution in [-0.4, -0.2) is 53.9 Å². The van der Waals surface area contributed by atoms with Crippen molar-refractivity contribution in [2.75, 3.05) is 32.6 Å². The molecule has 220 valence electrons. The van der Waals surface area contributed by atoms with Gasteiger partial charge in [0.25, 0.3) is 11.8 Å². The lowest BCUT2D eigenvalue weighted by Gasteiger charge is -2.25. The molecule has 1 aliphatic rings. The van der Waals surface area contributed by atoms with Crippen LogP contribution in [0.25, 0.3) is 11.1 Å². The van der Waals surface area contributed by atoms with E-state index in [0.717, 1.165) is 34.5 Å². The van der Waals surface area contributed by atoms with Gasteiger partial charge >= 0.3 is 0 Å². The summed E-state index contributed by atoms with van der Waals surface area (Å²) < 4.78 is 7.40. The molecule has 41 heavy (non-hydrogen) atoms. The van der Waals surface area contributed by atoms with Crippen molar-refractivity contribution in [2.24, 2.45) is 7.05 Å². The van der Waals surface area contributed by atoms with Crippen LogP contribution in [0.5, 0.6) is 5.75 Å². The highest BCUT2D eigenvalue weighted by molar-refractivity contribution is 5.97. The molecular weight excluding hydrogens is 514 g/mol. The molecule has 0 saturated heterocycles. The van der Waals surface area contributed by atoms with Gasteiger partial charge in [-0.1, -0.05) is 19.9 Å². The molecule has 0 spiro atoms. The lowest BCUT2D eigenvalue weighted by molar-refractivity contribution is 0.0818. The van der Waals surface area contributed by atoms with Gasteiger partial charge in [-0.3, -0.25) is 9.59 Å². The number of rotatable bonds is 8. The smallest absolute Gasteiger partial charge is 0.269 e.